The summed E-state index contributed by atoms with van der Waals surface area (Å²) in [5.41, 5.74) is 7.80. The van der Waals surface area contributed by atoms with Gasteiger partial charge in [-0.05, 0) is 36.6 Å². The highest BCUT2D eigenvalue weighted by Gasteiger charge is 2.38. The zero-order valence-corrected chi connectivity index (χ0v) is 12.1. The molecular weight excluding hydrogens is 242 g/mol. The molecule has 1 aromatic rings. The summed E-state index contributed by atoms with van der Waals surface area (Å²) in [5, 5.41) is 0. The molecule has 4 nitrogen and oxygen atoms in total. The van der Waals surface area contributed by atoms with E-state index in [1.807, 2.05) is 19.1 Å². The third-order valence-corrected chi connectivity index (χ3v) is 3.58. The maximum absolute atomic E-state index is 5.90. The lowest BCUT2D eigenvalue weighted by Gasteiger charge is -2.25. The van der Waals surface area contributed by atoms with Crippen LogP contribution >= 0.6 is 0 Å². The molecule has 1 aromatic carbocycles. The number of hydrogen-bond donors (Lipinski definition) is 1. The Morgan fingerprint density at radius 1 is 1.47 bits per heavy atom. The molecule has 1 fully saturated rings. The van der Waals surface area contributed by atoms with Crippen LogP contribution in [0, 0.1) is 0 Å². The summed E-state index contributed by atoms with van der Waals surface area (Å²) in [6.07, 6.45) is -0.0328. The number of hydrogen-bond acceptors (Lipinski definition) is 4. The first-order valence-electron chi connectivity index (χ1n) is 6.70. The van der Waals surface area contributed by atoms with Crippen molar-refractivity contribution in [3.8, 4) is 5.75 Å². The van der Waals surface area contributed by atoms with Gasteiger partial charge in [0.2, 0.25) is 0 Å². The monoisotopic (exact) mass is 265 g/mol. The minimum absolute atomic E-state index is 0.0328. The van der Waals surface area contributed by atoms with Crippen LogP contribution in [0.1, 0.15) is 37.8 Å². The van der Waals surface area contributed by atoms with Gasteiger partial charge < -0.3 is 19.9 Å². The van der Waals surface area contributed by atoms with Crippen molar-refractivity contribution in [2.75, 3.05) is 20.3 Å². The molecule has 1 heterocycles. The maximum Gasteiger partial charge on any atom is 0.192 e. The van der Waals surface area contributed by atoms with E-state index in [4.69, 9.17) is 19.9 Å². The summed E-state index contributed by atoms with van der Waals surface area (Å²) in [4.78, 5) is 0. The molecule has 0 saturated carbocycles. The summed E-state index contributed by atoms with van der Waals surface area (Å²) >= 11 is 0. The molecule has 0 spiro atoms. The van der Waals surface area contributed by atoms with Crippen LogP contribution in [0.5, 0.6) is 5.75 Å². The van der Waals surface area contributed by atoms with Crippen molar-refractivity contribution in [3.05, 3.63) is 29.3 Å². The largest absolute Gasteiger partial charge is 0.496 e. The Morgan fingerprint density at radius 3 is 2.74 bits per heavy atom. The molecule has 0 aliphatic carbocycles. The van der Waals surface area contributed by atoms with Crippen LogP contribution in [-0.2, 0) is 15.3 Å². The average Bonchev–Trinajstić information content (AvgIpc) is 2.81. The van der Waals surface area contributed by atoms with Gasteiger partial charge in [-0.3, -0.25) is 0 Å². The molecular formula is C15H23NO3. The second-order valence-corrected chi connectivity index (χ2v) is 5.34. The molecule has 0 aromatic heterocycles. The Bertz CT molecular complexity index is 447. The molecule has 1 saturated heterocycles. The van der Waals surface area contributed by atoms with Gasteiger partial charge in [0.05, 0.1) is 19.8 Å². The van der Waals surface area contributed by atoms with Gasteiger partial charge in [0.15, 0.2) is 5.79 Å². The molecule has 1 aliphatic heterocycles. The third kappa shape index (κ3) is 2.76. The second-order valence-electron chi connectivity index (χ2n) is 5.34. The van der Waals surface area contributed by atoms with E-state index in [2.05, 4.69) is 19.9 Å². The highest BCUT2D eigenvalue weighted by molar-refractivity contribution is 5.40. The quantitative estimate of drug-likeness (QED) is 0.908. The number of rotatable bonds is 4. The van der Waals surface area contributed by atoms with Gasteiger partial charge >= 0.3 is 0 Å². The summed E-state index contributed by atoms with van der Waals surface area (Å²) in [5.74, 6) is 0.570. The molecule has 2 atom stereocenters. The topological polar surface area (TPSA) is 53.7 Å². The van der Waals surface area contributed by atoms with Gasteiger partial charge in [-0.15, -0.1) is 0 Å². The van der Waals surface area contributed by atoms with Crippen molar-refractivity contribution in [2.24, 2.45) is 5.73 Å². The molecule has 0 radical (unpaired) electrons. The van der Waals surface area contributed by atoms with Gasteiger partial charge in [0.1, 0.15) is 5.75 Å². The Labute approximate surface area is 114 Å². The van der Waals surface area contributed by atoms with E-state index in [0.717, 1.165) is 16.9 Å². The van der Waals surface area contributed by atoms with Gasteiger partial charge in [-0.25, -0.2) is 0 Å². The fourth-order valence-corrected chi connectivity index (χ4v) is 2.37. The summed E-state index contributed by atoms with van der Waals surface area (Å²) in [7, 11) is 1.69. The molecule has 2 N–H and O–H groups in total. The zero-order valence-electron chi connectivity index (χ0n) is 12.1. The normalized spacial score (nSPS) is 26.9. The van der Waals surface area contributed by atoms with E-state index in [0.29, 0.717) is 19.1 Å². The predicted molar refractivity (Wildman–Crippen MR) is 74.3 cm³/mol. The molecule has 4 heteroatoms. The molecule has 2 rings (SSSR count). The van der Waals surface area contributed by atoms with Crippen LogP contribution in [0.2, 0.25) is 0 Å². The van der Waals surface area contributed by atoms with E-state index in [9.17, 15) is 0 Å². The molecule has 106 valence electrons. The zero-order chi connectivity index (χ0) is 14.0. The number of ether oxygens (including phenoxy) is 3. The third-order valence-electron chi connectivity index (χ3n) is 3.58. The first kappa shape index (κ1) is 14.3. The maximum atomic E-state index is 5.90. The van der Waals surface area contributed by atoms with Crippen LogP contribution in [0.3, 0.4) is 0 Å². The molecule has 19 heavy (non-hydrogen) atoms. The van der Waals surface area contributed by atoms with Crippen LogP contribution in [-0.4, -0.2) is 26.4 Å². The van der Waals surface area contributed by atoms with Gasteiger partial charge in [-0.2, -0.15) is 0 Å². The van der Waals surface area contributed by atoms with Gasteiger partial charge in [0.25, 0.3) is 0 Å². The molecule has 1 aliphatic rings. The second kappa shape index (κ2) is 5.49. The van der Waals surface area contributed by atoms with Crippen molar-refractivity contribution in [2.45, 2.75) is 38.6 Å². The van der Waals surface area contributed by atoms with E-state index in [1.54, 1.807) is 7.11 Å². The highest BCUT2D eigenvalue weighted by atomic mass is 16.7. The number of nitrogens with two attached hydrogens (primary N) is 1. The fourth-order valence-electron chi connectivity index (χ4n) is 2.37. The Balaban J connectivity index is 2.33. The minimum atomic E-state index is -0.708. The van der Waals surface area contributed by atoms with Gasteiger partial charge in [-0.1, -0.05) is 13.8 Å². The molecule has 0 amide bonds. The van der Waals surface area contributed by atoms with E-state index in [-0.39, 0.29) is 6.10 Å². The molecule has 0 bridgehead atoms. The number of benzene rings is 1. The predicted octanol–water partition coefficient (Wildman–Crippen LogP) is 2.37. The highest BCUT2D eigenvalue weighted by Crippen LogP contribution is 2.37. The van der Waals surface area contributed by atoms with Crippen LogP contribution in [0.4, 0.5) is 0 Å². The van der Waals surface area contributed by atoms with Crippen molar-refractivity contribution < 1.29 is 14.2 Å². The SMILES string of the molecule is COc1ccc(C2(C)OCC(CN)O2)cc1C(C)C. The first-order valence-corrected chi connectivity index (χ1v) is 6.70. The van der Waals surface area contributed by atoms with E-state index >= 15 is 0 Å². The Hall–Kier alpha value is -1.10. The minimum Gasteiger partial charge on any atom is -0.496 e. The average molecular weight is 265 g/mol. The van der Waals surface area contributed by atoms with E-state index < -0.39 is 5.79 Å². The van der Waals surface area contributed by atoms with Crippen LogP contribution in [0.25, 0.3) is 0 Å². The lowest BCUT2D eigenvalue weighted by Crippen LogP contribution is -2.27. The fraction of sp³-hybridized carbons (Fsp3) is 0.600. The van der Waals surface area contributed by atoms with Crippen molar-refractivity contribution in [3.63, 3.8) is 0 Å². The van der Waals surface area contributed by atoms with Crippen molar-refractivity contribution in [1.29, 1.82) is 0 Å². The number of methoxy groups -OCH3 is 1. The van der Waals surface area contributed by atoms with Crippen molar-refractivity contribution in [1.82, 2.24) is 0 Å². The Kier molecular flexibility index (Phi) is 4.13. The Morgan fingerprint density at radius 2 is 2.21 bits per heavy atom. The summed E-state index contributed by atoms with van der Waals surface area (Å²) in [6.45, 7) is 7.24. The summed E-state index contributed by atoms with van der Waals surface area (Å²) in [6, 6.07) is 6.06. The lowest BCUT2D eigenvalue weighted by molar-refractivity contribution is -0.160. The van der Waals surface area contributed by atoms with Gasteiger partial charge in [0, 0.05) is 12.1 Å². The standard InChI is InChI=1S/C15H23NO3/c1-10(2)13-7-11(5-6-14(13)17-4)15(3)18-9-12(8-16)19-15/h5-7,10,12H,8-9,16H2,1-4H3. The summed E-state index contributed by atoms with van der Waals surface area (Å²) < 4.78 is 17.1. The van der Waals surface area contributed by atoms with Crippen molar-refractivity contribution >= 4 is 0 Å². The van der Waals surface area contributed by atoms with E-state index in [1.165, 1.54) is 0 Å². The molecule has 2 unspecified atom stereocenters. The lowest BCUT2D eigenvalue weighted by atomic mass is 9.96. The smallest absolute Gasteiger partial charge is 0.192 e. The first-order chi connectivity index (χ1) is 9.00. The van der Waals surface area contributed by atoms with Crippen LogP contribution in [0.15, 0.2) is 18.2 Å². The van der Waals surface area contributed by atoms with Crippen LogP contribution < -0.4 is 10.5 Å².